The highest BCUT2D eigenvalue weighted by molar-refractivity contribution is 6.34. The second-order valence-electron chi connectivity index (χ2n) is 10.3. The lowest BCUT2D eigenvalue weighted by atomic mass is 9.64. The molecule has 0 unspecified atom stereocenters. The van der Waals surface area contributed by atoms with Gasteiger partial charge in [-0.2, -0.15) is 0 Å². The third-order valence-electron chi connectivity index (χ3n) is 8.40. The number of nitrogens with zero attached hydrogens (tertiary/aromatic N) is 1. The number of anilines is 1. The molecule has 0 N–H and O–H groups in total. The van der Waals surface area contributed by atoms with Crippen molar-refractivity contribution in [1.29, 1.82) is 0 Å². The molecule has 1 spiro atoms. The zero-order valence-electron chi connectivity index (χ0n) is 20.9. The van der Waals surface area contributed by atoms with Gasteiger partial charge in [0.2, 0.25) is 0 Å². The molecule has 2 aliphatic heterocycles. The molecule has 0 radical (unpaired) electrons. The lowest BCUT2D eigenvalue weighted by Crippen LogP contribution is -2.48. The summed E-state index contributed by atoms with van der Waals surface area (Å²) >= 11 is 12.9. The van der Waals surface area contributed by atoms with Gasteiger partial charge in [-0.3, -0.25) is 14.4 Å². The number of rotatable bonds is 3. The van der Waals surface area contributed by atoms with Crippen LogP contribution in [0.3, 0.4) is 0 Å². The number of hydrogen-bond acceptors (Lipinski definition) is 4. The first-order valence-electron chi connectivity index (χ1n) is 12.8. The van der Waals surface area contributed by atoms with Crippen molar-refractivity contribution in [2.45, 2.75) is 18.0 Å². The van der Waals surface area contributed by atoms with E-state index in [-0.39, 0.29) is 17.3 Å². The van der Waals surface area contributed by atoms with Gasteiger partial charge in [-0.15, -0.1) is 0 Å². The molecular formula is C33H20Cl2FNO3. The minimum Gasteiger partial charge on any atom is -0.352 e. The van der Waals surface area contributed by atoms with E-state index in [9.17, 15) is 18.8 Å². The summed E-state index contributed by atoms with van der Waals surface area (Å²) in [6.45, 7) is 0. The van der Waals surface area contributed by atoms with Crippen LogP contribution in [0.15, 0.2) is 97.1 Å². The van der Waals surface area contributed by atoms with Gasteiger partial charge in [0, 0.05) is 43.9 Å². The van der Waals surface area contributed by atoms with Gasteiger partial charge >= 0.3 is 0 Å². The summed E-state index contributed by atoms with van der Waals surface area (Å²) in [6.07, 6.45) is 3.48. The average Bonchev–Trinajstić information content (AvgIpc) is 3.39. The van der Waals surface area contributed by atoms with Gasteiger partial charge in [0.05, 0.1) is 6.04 Å². The molecule has 4 nitrogen and oxygen atoms in total. The fraction of sp³-hybridized carbons (Fsp3) is 0.121. The number of hydrogen-bond donors (Lipinski definition) is 0. The number of benzene rings is 4. The molecule has 2 heterocycles. The van der Waals surface area contributed by atoms with E-state index in [0.29, 0.717) is 43.5 Å². The van der Waals surface area contributed by atoms with Crippen LogP contribution in [0.2, 0.25) is 10.0 Å². The minimum absolute atomic E-state index is 0.300. The normalized spacial score (nSPS) is 21.9. The standard InChI is InChI=1S/C33H20Cl2FNO3/c34-20-12-9-18(10-13-20)30(38)29-28(24-7-3-4-8-25(24)35)33(31(39)22-5-1-2-6-23(22)32(33)40)27-16-11-19-17-21(36)14-15-26(19)37(27)29/h1-17,27-29H/t27-,28+,29-/m0/s1. The Morgan fingerprint density at radius 3 is 2.15 bits per heavy atom. The SMILES string of the molecule is O=C(c1ccc(Cl)cc1)[C@@H]1[C@@H](c2ccccc2Cl)C2(C(=O)c3ccccc3C2=O)[C@@H]2C=Cc3cc(F)ccc3N12. The first kappa shape index (κ1) is 24.9. The highest BCUT2D eigenvalue weighted by atomic mass is 35.5. The summed E-state index contributed by atoms with van der Waals surface area (Å²) in [6, 6.07) is 22.8. The Hall–Kier alpha value is -4.06. The summed E-state index contributed by atoms with van der Waals surface area (Å²) < 4.78 is 14.3. The molecule has 3 atom stereocenters. The molecule has 4 aromatic carbocycles. The van der Waals surface area contributed by atoms with Crippen molar-refractivity contribution < 1.29 is 18.8 Å². The van der Waals surface area contributed by atoms with Crippen molar-refractivity contribution in [1.82, 2.24) is 0 Å². The molecule has 7 heteroatoms. The lowest BCUT2D eigenvalue weighted by Gasteiger charge is -2.37. The molecule has 0 bridgehead atoms. The molecule has 40 heavy (non-hydrogen) atoms. The third kappa shape index (κ3) is 3.28. The number of Topliss-reactive ketones (excluding diaryl/α,β-unsaturated/α-hetero) is 3. The molecule has 196 valence electrons. The molecular weight excluding hydrogens is 548 g/mol. The van der Waals surface area contributed by atoms with Crippen LogP contribution in [-0.2, 0) is 0 Å². The maximum Gasteiger partial charge on any atom is 0.185 e. The fourth-order valence-corrected chi connectivity index (χ4v) is 7.18. The van der Waals surface area contributed by atoms with Crippen molar-refractivity contribution in [2.24, 2.45) is 5.41 Å². The van der Waals surface area contributed by atoms with Crippen molar-refractivity contribution in [2.75, 3.05) is 4.90 Å². The summed E-state index contributed by atoms with van der Waals surface area (Å²) in [5, 5.41) is 0.818. The topological polar surface area (TPSA) is 54.5 Å². The zero-order chi connectivity index (χ0) is 27.8. The molecule has 1 aliphatic carbocycles. The molecule has 0 amide bonds. The molecule has 3 aliphatic rings. The van der Waals surface area contributed by atoms with Crippen LogP contribution in [0.5, 0.6) is 0 Å². The van der Waals surface area contributed by atoms with Crippen LogP contribution < -0.4 is 4.90 Å². The van der Waals surface area contributed by atoms with Crippen molar-refractivity contribution in [3.8, 4) is 0 Å². The lowest BCUT2D eigenvalue weighted by molar-refractivity contribution is 0.0666. The van der Waals surface area contributed by atoms with Gasteiger partial charge in [0.15, 0.2) is 17.3 Å². The quantitative estimate of drug-likeness (QED) is 0.190. The summed E-state index contributed by atoms with van der Waals surface area (Å²) in [5.41, 5.74) is 0.977. The smallest absolute Gasteiger partial charge is 0.185 e. The van der Waals surface area contributed by atoms with E-state index in [4.69, 9.17) is 23.2 Å². The van der Waals surface area contributed by atoms with Gasteiger partial charge in [-0.05, 0) is 54.1 Å². The minimum atomic E-state index is -1.68. The van der Waals surface area contributed by atoms with Crippen LogP contribution in [-0.4, -0.2) is 29.4 Å². The summed E-state index contributed by atoms with van der Waals surface area (Å²) in [7, 11) is 0. The summed E-state index contributed by atoms with van der Waals surface area (Å²) in [4.78, 5) is 45.6. The maximum absolute atomic E-state index is 14.6. The van der Waals surface area contributed by atoms with Gasteiger partial charge in [-0.1, -0.05) is 77.8 Å². The van der Waals surface area contributed by atoms with Gasteiger partial charge in [-0.25, -0.2) is 4.39 Å². The van der Waals surface area contributed by atoms with Crippen LogP contribution in [0.1, 0.15) is 48.1 Å². The Bertz CT molecular complexity index is 1750. The Labute approximate surface area is 239 Å². The van der Waals surface area contributed by atoms with E-state index < -0.39 is 29.2 Å². The maximum atomic E-state index is 14.6. The first-order chi connectivity index (χ1) is 19.3. The predicted molar refractivity (Wildman–Crippen MR) is 153 cm³/mol. The van der Waals surface area contributed by atoms with Crippen molar-refractivity contribution >= 4 is 52.3 Å². The molecule has 0 aromatic heterocycles. The first-order valence-corrected chi connectivity index (χ1v) is 13.6. The van der Waals surface area contributed by atoms with Gasteiger partial charge < -0.3 is 4.90 Å². The van der Waals surface area contributed by atoms with E-state index in [2.05, 4.69) is 0 Å². The molecule has 1 saturated heterocycles. The molecule has 7 rings (SSSR count). The van der Waals surface area contributed by atoms with Crippen LogP contribution in [0.4, 0.5) is 10.1 Å². The number of ketones is 3. The number of carbonyl (C=O) groups excluding carboxylic acids is 3. The van der Waals surface area contributed by atoms with Gasteiger partial charge in [0.25, 0.3) is 0 Å². The number of halogens is 3. The number of fused-ring (bicyclic) bond motifs is 5. The Morgan fingerprint density at radius 2 is 1.48 bits per heavy atom. The summed E-state index contributed by atoms with van der Waals surface area (Å²) in [5.74, 6) is -2.38. The highest BCUT2D eigenvalue weighted by Crippen LogP contribution is 2.61. The molecule has 1 fully saturated rings. The van der Waals surface area contributed by atoms with Gasteiger partial charge in [0.1, 0.15) is 17.3 Å². The van der Waals surface area contributed by atoms with E-state index >= 15 is 0 Å². The van der Waals surface area contributed by atoms with E-state index in [1.165, 1.54) is 12.1 Å². The Kier molecular flexibility index (Phi) is 5.60. The van der Waals surface area contributed by atoms with Crippen molar-refractivity contribution in [3.05, 3.63) is 141 Å². The van der Waals surface area contributed by atoms with E-state index in [1.807, 2.05) is 4.90 Å². The monoisotopic (exact) mass is 567 g/mol. The molecule has 0 saturated carbocycles. The highest BCUT2D eigenvalue weighted by Gasteiger charge is 2.71. The van der Waals surface area contributed by atoms with Crippen molar-refractivity contribution in [3.63, 3.8) is 0 Å². The largest absolute Gasteiger partial charge is 0.352 e. The zero-order valence-corrected chi connectivity index (χ0v) is 22.4. The second kappa shape index (κ2) is 8.98. The molecule has 4 aromatic rings. The van der Waals surface area contributed by atoms with Crippen LogP contribution in [0, 0.1) is 11.2 Å². The Balaban J connectivity index is 1.56. The average molecular weight is 568 g/mol. The van der Waals surface area contributed by atoms with E-state index in [0.717, 1.165) is 0 Å². The van der Waals surface area contributed by atoms with E-state index in [1.54, 1.807) is 91.0 Å². The van der Waals surface area contributed by atoms with Crippen LogP contribution >= 0.6 is 23.2 Å². The third-order valence-corrected chi connectivity index (χ3v) is 9.00. The predicted octanol–water partition coefficient (Wildman–Crippen LogP) is 7.45. The fourth-order valence-electron chi connectivity index (χ4n) is 6.80. The second-order valence-corrected chi connectivity index (χ2v) is 11.1. The van der Waals surface area contributed by atoms with Crippen LogP contribution in [0.25, 0.3) is 6.08 Å². The number of carbonyl (C=O) groups is 3. The Morgan fingerprint density at radius 1 is 0.825 bits per heavy atom.